The van der Waals surface area contributed by atoms with Crippen LogP contribution in [0.4, 0.5) is 0 Å². The zero-order valence-corrected chi connectivity index (χ0v) is 13.8. The van der Waals surface area contributed by atoms with Crippen LogP contribution in [-0.4, -0.2) is 36.5 Å². The predicted molar refractivity (Wildman–Crippen MR) is 80.1 cm³/mol. The summed E-state index contributed by atoms with van der Waals surface area (Å²) in [6.07, 6.45) is 2.48. The molecule has 2 unspecified atom stereocenters. The first-order valence-electron chi connectivity index (χ1n) is 6.12. The summed E-state index contributed by atoms with van der Waals surface area (Å²) in [4.78, 5) is 14.5. The van der Waals surface area contributed by atoms with E-state index in [9.17, 15) is 4.79 Å². The highest BCUT2D eigenvalue weighted by Gasteiger charge is 2.37. The Labute approximate surface area is 127 Å². The Morgan fingerprint density at radius 3 is 2.94 bits per heavy atom. The lowest BCUT2D eigenvalue weighted by Crippen LogP contribution is -2.41. The van der Waals surface area contributed by atoms with Crippen LogP contribution in [0.3, 0.4) is 0 Å². The van der Waals surface area contributed by atoms with E-state index in [4.69, 9.17) is 0 Å². The van der Waals surface area contributed by atoms with Crippen LogP contribution >= 0.6 is 43.2 Å². The second-order valence-corrected chi connectivity index (χ2v) is 8.66. The quantitative estimate of drug-likeness (QED) is 0.794. The second-order valence-electron chi connectivity index (χ2n) is 4.91. The van der Waals surface area contributed by atoms with Gasteiger partial charge in [-0.3, -0.25) is 4.79 Å². The molecule has 0 spiro atoms. The fourth-order valence-corrected chi connectivity index (χ4v) is 5.65. The van der Waals surface area contributed by atoms with Crippen LogP contribution in [0.1, 0.15) is 23.2 Å². The lowest BCUT2D eigenvalue weighted by Gasteiger charge is -2.24. The highest BCUT2D eigenvalue weighted by Crippen LogP contribution is 2.34. The first kappa shape index (κ1) is 13.1. The third-order valence-electron chi connectivity index (χ3n) is 3.77. The Hall–Kier alpha value is 0.0900. The largest absolute Gasteiger partial charge is 0.337 e. The molecule has 6 heteroatoms. The molecule has 3 rings (SSSR count). The van der Waals surface area contributed by atoms with Gasteiger partial charge in [0.1, 0.15) is 0 Å². The van der Waals surface area contributed by atoms with Gasteiger partial charge in [0.05, 0.1) is 13.1 Å². The summed E-state index contributed by atoms with van der Waals surface area (Å²) >= 11 is 8.45. The maximum atomic E-state index is 12.5. The molecule has 1 aromatic heterocycles. The van der Waals surface area contributed by atoms with Gasteiger partial charge in [0.2, 0.25) is 0 Å². The molecule has 0 radical (unpaired) electrons. The van der Waals surface area contributed by atoms with E-state index in [1.807, 2.05) is 11.0 Å². The lowest BCUT2D eigenvalue weighted by atomic mass is 9.94. The lowest BCUT2D eigenvalue weighted by molar-refractivity contribution is 0.0785. The van der Waals surface area contributed by atoms with Crippen molar-refractivity contribution in [3.05, 3.63) is 19.2 Å². The Bertz CT molecular complexity index is 463. The van der Waals surface area contributed by atoms with Gasteiger partial charge < -0.3 is 10.2 Å². The average Bonchev–Trinajstić information content (AvgIpc) is 2.91. The van der Waals surface area contributed by atoms with Crippen LogP contribution in [0, 0.1) is 5.92 Å². The number of fused-ring (bicyclic) bond motifs is 1. The van der Waals surface area contributed by atoms with Gasteiger partial charge in [0.25, 0.3) is 5.91 Å². The average molecular weight is 394 g/mol. The van der Waals surface area contributed by atoms with E-state index in [1.165, 1.54) is 12.8 Å². The molecule has 18 heavy (non-hydrogen) atoms. The molecule has 2 aliphatic heterocycles. The van der Waals surface area contributed by atoms with Crippen LogP contribution in [0.2, 0.25) is 0 Å². The molecular formula is C12H14Br2N2OS. The van der Waals surface area contributed by atoms with Crippen molar-refractivity contribution in [1.29, 1.82) is 0 Å². The van der Waals surface area contributed by atoms with Gasteiger partial charge in [-0.15, -0.1) is 11.3 Å². The first-order chi connectivity index (χ1) is 8.65. The summed E-state index contributed by atoms with van der Waals surface area (Å²) in [6, 6.07) is 2.41. The zero-order valence-electron chi connectivity index (χ0n) is 9.79. The molecule has 0 saturated carbocycles. The number of carbonyl (C=O) groups excluding carboxylic acids is 1. The van der Waals surface area contributed by atoms with Crippen LogP contribution < -0.4 is 5.32 Å². The fourth-order valence-electron chi connectivity index (χ4n) is 2.87. The number of hydrogen-bond donors (Lipinski definition) is 1. The zero-order chi connectivity index (χ0) is 12.7. The number of nitrogens with one attached hydrogen (secondary N) is 1. The number of rotatable bonds is 1. The number of halogens is 2. The van der Waals surface area contributed by atoms with E-state index < -0.39 is 0 Å². The van der Waals surface area contributed by atoms with Crippen molar-refractivity contribution in [2.24, 2.45) is 5.92 Å². The van der Waals surface area contributed by atoms with E-state index in [1.54, 1.807) is 11.3 Å². The van der Waals surface area contributed by atoms with Crippen LogP contribution in [-0.2, 0) is 0 Å². The number of likely N-dealkylation sites (tertiary alicyclic amines) is 1. The molecule has 2 aliphatic rings. The Morgan fingerprint density at radius 2 is 2.28 bits per heavy atom. The number of carbonyl (C=O) groups is 1. The normalized spacial score (nSPS) is 27.3. The number of amides is 1. The van der Waals surface area contributed by atoms with Crippen molar-refractivity contribution in [3.8, 4) is 0 Å². The molecule has 3 heterocycles. The predicted octanol–water partition coefficient (Wildman–Crippen LogP) is 3.10. The molecule has 2 atom stereocenters. The molecule has 98 valence electrons. The van der Waals surface area contributed by atoms with Crippen molar-refractivity contribution in [3.63, 3.8) is 0 Å². The molecule has 1 N–H and O–H groups in total. The summed E-state index contributed by atoms with van der Waals surface area (Å²) in [5.41, 5.74) is 0.783. The summed E-state index contributed by atoms with van der Waals surface area (Å²) in [6.45, 7) is 2.84. The van der Waals surface area contributed by atoms with Gasteiger partial charge >= 0.3 is 0 Å². The molecule has 0 bridgehead atoms. The molecule has 3 nitrogen and oxygen atoms in total. The van der Waals surface area contributed by atoms with E-state index in [0.717, 1.165) is 32.8 Å². The topological polar surface area (TPSA) is 32.3 Å². The first-order valence-corrected chi connectivity index (χ1v) is 8.53. The molecule has 1 amide bonds. The van der Waals surface area contributed by atoms with Crippen molar-refractivity contribution >= 4 is 49.1 Å². The maximum Gasteiger partial charge on any atom is 0.255 e. The minimum Gasteiger partial charge on any atom is -0.337 e. The minimum absolute atomic E-state index is 0.153. The van der Waals surface area contributed by atoms with Gasteiger partial charge in [-0.1, -0.05) is 0 Å². The Balaban J connectivity index is 1.76. The Morgan fingerprint density at radius 1 is 1.44 bits per heavy atom. The van der Waals surface area contributed by atoms with Gasteiger partial charge in [0, 0.05) is 19.1 Å². The third kappa shape index (κ3) is 2.40. The number of thiophene rings is 1. The standard InChI is InChI=1S/C12H14Br2N2OS/c13-10-4-8(11(14)18-10)12(17)16-5-7-2-1-3-15-9(7)6-16/h4,7,9,15H,1-3,5-6H2. The molecular weight excluding hydrogens is 380 g/mol. The van der Waals surface area contributed by atoms with Gasteiger partial charge in [0.15, 0.2) is 0 Å². The summed E-state index contributed by atoms with van der Waals surface area (Å²) < 4.78 is 1.91. The van der Waals surface area contributed by atoms with Gasteiger partial charge in [-0.25, -0.2) is 0 Å². The van der Waals surface area contributed by atoms with E-state index in [0.29, 0.717) is 12.0 Å². The summed E-state index contributed by atoms with van der Waals surface area (Å²) in [7, 11) is 0. The monoisotopic (exact) mass is 392 g/mol. The third-order valence-corrected chi connectivity index (χ3v) is 6.11. The molecule has 0 aromatic carbocycles. The smallest absolute Gasteiger partial charge is 0.255 e. The number of piperidine rings is 1. The van der Waals surface area contributed by atoms with Gasteiger partial charge in [-0.05, 0) is 63.2 Å². The van der Waals surface area contributed by atoms with Crippen molar-refractivity contribution < 1.29 is 4.79 Å². The Kier molecular flexibility index (Phi) is 3.80. The number of hydrogen-bond acceptors (Lipinski definition) is 3. The maximum absolute atomic E-state index is 12.5. The SMILES string of the molecule is O=C(c1cc(Br)sc1Br)N1CC2CCCNC2C1. The van der Waals surface area contributed by atoms with Crippen LogP contribution in [0.25, 0.3) is 0 Å². The van der Waals surface area contributed by atoms with Gasteiger partial charge in [-0.2, -0.15) is 0 Å². The van der Waals surface area contributed by atoms with Crippen molar-refractivity contribution in [2.75, 3.05) is 19.6 Å². The highest BCUT2D eigenvalue weighted by molar-refractivity contribution is 9.12. The van der Waals surface area contributed by atoms with Crippen LogP contribution in [0.5, 0.6) is 0 Å². The minimum atomic E-state index is 0.153. The second kappa shape index (κ2) is 5.23. The summed E-state index contributed by atoms with van der Waals surface area (Å²) in [5, 5.41) is 3.52. The van der Waals surface area contributed by atoms with E-state index in [2.05, 4.69) is 37.2 Å². The van der Waals surface area contributed by atoms with Crippen molar-refractivity contribution in [1.82, 2.24) is 10.2 Å². The summed E-state index contributed by atoms with van der Waals surface area (Å²) in [5.74, 6) is 0.795. The fraction of sp³-hybridized carbons (Fsp3) is 0.583. The molecule has 1 aromatic rings. The van der Waals surface area contributed by atoms with E-state index in [-0.39, 0.29) is 5.91 Å². The van der Waals surface area contributed by atoms with E-state index >= 15 is 0 Å². The van der Waals surface area contributed by atoms with Crippen molar-refractivity contribution in [2.45, 2.75) is 18.9 Å². The number of nitrogens with zero attached hydrogens (tertiary/aromatic N) is 1. The molecule has 2 fully saturated rings. The molecule has 0 aliphatic carbocycles. The highest BCUT2D eigenvalue weighted by atomic mass is 79.9. The molecule has 2 saturated heterocycles. The van der Waals surface area contributed by atoms with Crippen LogP contribution in [0.15, 0.2) is 13.6 Å².